The molecule has 0 heterocycles. The number of aldehydes is 1. The average Bonchev–Trinajstić information content (AvgIpc) is 2.16. The van der Waals surface area contributed by atoms with Crippen LogP contribution in [0.2, 0.25) is 0 Å². The molecular formula is C12H14O3. The molecule has 0 bridgehead atoms. The summed E-state index contributed by atoms with van der Waals surface area (Å²) < 4.78 is 0. The number of aromatic carboxylic acids is 1. The van der Waals surface area contributed by atoms with E-state index < -0.39 is 5.97 Å². The van der Waals surface area contributed by atoms with Crippen molar-refractivity contribution in [1.82, 2.24) is 0 Å². The first-order chi connectivity index (χ1) is 6.91. The standard InChI is InChI=1S/C12H14O3/c1-6-8(3)11(12(14)15)9(4)7(2)10(6)5-13/h5H,1-4H3,(H,14,15). The third kappa shape index (κ3) is 1.65. The number of benzene rings is 1. The number of rotatable bonds is 2. The Morgan fingerprint density at radius 1 is 1.00 bits per heavy atom. The van der Waals surface area contributed by atoms with E-state index in [2.05, 4.69) is 0 Å². The Labute approximate surface area is 88.7 Å². The van der Waals surface area contributed by atoms with Gasteiger partial charge < -0.3 is 5.11 Å². The molecule has 0 amide bonds. The average molecular weight is 206 g/mol. The third-order valence-corrected chi connectivity index (χ3v) is 3.01. The van der Waals surface area contributed by atoms with Gasteiger partial charge in [-0.05, 0) is 49.9 Å². The molecule has 0 aliphatic carbocycles. The number of hydrogen-bond donors (Lipinski definition) is 1. The molecule has 1 aromatic carbocycles. The number of carboxylic acid groups (broad SMARTS) is 1. The fraction of sp³-hybridized carbons (Fsp3) is 0.333. The SMILES string of the molecule is Cc1c(C)c(C(=O)O)c(C)c(C)c1C=O. The van der Waals surface area contributed by atoms with E-state index in [4.69, 9.17) is 5.11 Å². The van der Waals surface area contributed by atoms with E-state index in [0.29, 0.717) is 22.3 Å². The molecule has 0 spiro atoms. The van der Waals surface area contributed by atoms with Gasteiger partial charge in [0.15, 0.2) is 6.29 Å². The van der Waals surface area contributed by atoms with Gasteiger partial charge in [0.05, 0.1) is 5.56 Å². The number of carbonyl (C=O) groups is 2. The summed E-state index contributed by atoms with van der Waals surface area (Å²) in [5.74, 6) is -0.936. The Balaban J connectivity index is 3.74. The van der Waals surface area contributed by atoms with Crippen molar-refractivity contribution in [2.75, 3.05) is 0 Å². The summed E-state index contributed by atoms with van der Waals surface area (Å²) in [6, 6.07) is 0. The number of hydrogen-bond acceptors (Lipinski definition) is 2. The van der Waals surface area contributed by atoms with E-state index in [1.54, 1.807) is 27.7 Å². The van der Waals surface area contributed by atoms with Crippen LogP contribution in [0.25, 0.3) is 0 Å². The summed E-state index contributed by atoms with van der Waals surface area (Å²) in [7, 11) is 0. The molecule has 0 unspecified atom stereocenters. The van der Waals surface area contributed by atoms with Gasteiger partial charge in [0.1, 0.15) is 0 Å². The molecule has 1 aromatic rings. The van der Waals surface area contributed by atoms with Gasteiger partial charge in [-0.1, -0.05) is 0 Å². The minimum absolute atomic E-state index is 0.315. The van der Waals surface area contributed by atoms with Gasteiger partial charge in [-0.15, -0.1) is 0 Å². The first-order valence-corrected chi connectivity index (χ1v) is 4.70. The molecule has 15 heavy (non-hydrogen) atoms. The molecule has 1 N–H and O–H groups in total. The molecule has 0 saturated heterocycles. The number of carboxylic acids is 1. The van der Waals surface area contributed by atoms with Crippen molar-refractivity contribution in [2.24, 2.45) is 0 Å². The van der Waals surface area contributed by atoms with Crippen molar-refractivity contribution in [1.29, 1.82) is 0 Å². The molecule has 3 heteroatoms. The molecule has 0 aliphatic heterocycles. The van der Waals surface area contributed by atoms with Crippen molar-refractivity contribution in [2.45, 2.75) is 27.7 Å². The van der Waals surface area contributed by atoms with E-state index in [1.165, 1.54) is 0 Å². The van der Waals surface area contributed by atoms with Crippen LogP contribution in [0.1, 0.15) is 43.0 Å². The van der Waals surface area contributed by atoms with Crippen LogP contribution in [0.4, 0.5) is 0 Å². The van der Waals surface area contributed by atoms with Crippen LogP contribution >= 0.6 is 0 Å². The van der Waals surface area contributed by atoms with Crippen molar-refractivity contribution >= 4 is 12.3 Å². The zero-order valence-electron chi connectivity index (χ0n) is 9.34. The van der Waals surface area contributed by atoms with Gasteiger partial charge in [0, 0.05) is 5.56 Å². The second kappa shape index (κ2) is 3.85. The molecule has 0 atom stereocenters. The summed E-state index contributed by atoms with van der Waals surface area (Å²) in [6.07, 6.45) is 0.788. The van der Waals surface area contributed by atoms with Gasteiger partial charge in [-0.25, -0.2) is 4.79 Å². The molecule has 1 rings (SSSR count). The molecule has 0 saturated carbocycles. The molecule has 0 fully saturated rings. The normalized spacial score (nSPS) is 10.1. The van der Waals surface area contributed by atoms with Gasteiger partial charge >= 0.3 is 5.97 Å². The van der Waals surface area contributed by atoms with E-state index in [-0.39, 0.29) is 0 Å². The third-order valence-electron chi connectivity index (χ3n) is 3.01. The highest BCUT2D eigenvalue weighted by atomic mass is 16.4. The molecule has 0 radical (unpaired) electrons. The van der Waals surface area contributed by atoms with Gasteiger partial charge in [0.2, 0.25) is 0 Å². The van der Waals surface area contributed by atoms with Crippen LogP contribution in [-0.2, 0) is 0 Å². The Morgan fingerprint density at radius 2 is 1.40 bits per heavy atom. The minimum Gasteiger partial charge on any atom is -0.478 e. The highest BCUT2D eigenvalue weighted by molar-refractivity contribution is 5.94. The second-order valence-electron chi connectivity index (χ2n) is 3.71. The largest absolute Gasteiger partial charge is 0.478 e. The second-order valence-corrected chi connectivity index (χ2v) is 3.71. The van der Waals surface area contributed by atoms with Crippen molar-refractivity contribution < 1.29 is 14.7 Å². The molecule has 0 aliphatic rings. The summed E-state index contributed by atoms with van der Waals surface area (Å²) >= 11 is 0. The highest BCUT2D eigenvalue weighted by Crippen LogP contribution is 2.25. The van der Waals surface area contributed by atoms with E-state index in [1.807, 2.05) is 0 Å². The fourth-order valence-corrected chi connectivity index (χ4v) is 1.84. The van der Waals surface area contributed by atoms with Gasteiger partial charge in [0.25, 0.3) is 0 Å². The molecule has 0 aromatic heterocycles. The Kier molecular flexibility index (Phi) is 2.93. The highest BCUT2D eigenvalue weighted by Gasteiger charge is 2.18. The summed E-state index contributed by atoms with van der Waals surface area (Å²) in [5, 5.41) is 9.07. The molecule has 80 valence electrons. The van der Waals surface area contributed by atoms with Crippen LogP contribution in [-0.4, -0.2) is 17.4 Å². The lowest BCUT2D eigenvalue weighted by molar-refractivity contribution is 0.0694. The fourth-order valence-electron chi connectivity index (χ4n) is 1.84. The predicted molar refractivity (Wildman–Crippen MR) is 57.7 cm³/mol. The van der Waals surface area contributed by atoms with Crippen molar-refractivity contribution in [3.05, 3.63) is 33.4 Å². The lowest BCUT2D eigenvalue weighted by Gasteiger charge is -2.14. The van der Waals surface area contributed by atoms with Crippen LogP contribution in [0.15, 0.2) is 0 Å². The molecular weight excluding hydrogens is 192 g/mol. The zero-order valence-corrected chi connectivity index (χ0v) is 9.34. The maximum Gasteiger partial charge on any atom is 0.336 e. The maximum atomic E-state index is 11.1. The van der Waals surface area contributed by atoms with Crippen molar-refractivity contribution in [3.63, 3.8) is 0 Å². The maximum absolute atomic E-state index is 11.1. The van der Waals surface area contributed by atoms with Gasteiger partial charge in [-0.3, -0.25) is 4.79 Å². The smallest absolute Gasteiger partial charge is 0.336 e. The van der Waals surface area contributed by atoms with E-state index in [9.17, 15) is 9.59 Å². The summed E-state index contributed by atoms with van der Waals surface area (Å²) in [6.45, 7) is 7.02. The summed E-state index contributed by atoms with van der Waals surface area (Å²) in [4.78, 5) is 21.9. The lowest BCUT2D eigenvalue weighted by Crippen LogP contribution is -2.09. The Hall–Kier alpha value is -1.64. The first-order valence-electron chi connectivity index (χ1n) is 4.70. The number of carbonyl (C=O) groups excluding carboxylic acids is 1. The quantitative estimate of drug-likeness (QED) is 0.756. The predicted octanol–water partition coefficient (Wildman–Crippen LogP) is 2.43. The Bertz CT molecular complexity index is 416. The van der Waals surface area contributed by atoms with Crippen LogP contribution in [0.5, 0.6) is 0 Å². The summed E-state index contributed by atoms with van der Waals surface area (Å²) in [5.41, 5.74) is 3.78. The van der Waals surface area contributed by atoms with Crippen molar-refractivity contribution in [3.8, 4) is 0 Å². The first kappa shape index (κ1) is 11.4. The van der Waals surface area contributed by atoms with Crippen LogP contribution < -0.4 is 0 Å². The molecule has 3 nitrogen and oxygen atoms in total. The van der Waals surface area contributed by atoms with Crippen LogP contribution in [0, 0.1) is 27.7 Å². The van der Waals surface area contributed by atoms with E-state index in [0.717, 1.165) is 17.4 Å². The van der Waals surface area contributed by atoms with Gasteiger partial charge in [-0.2, -0.15) is 0 Å². The van der Waals surface area contributed by atoms with E-state index >= 15 is 0 Å². The van der Waals surface area contributed by atoms with Crippen LogP contribution in [0.3, 0.4) is 0 Å². The lowest BCUT2D eigenvalue weighted by atomic mass is 9.89. The monoisotopic (exact) mass is 206 g/mol. The minimum atomic E-state index is -0.936. The zero-order chi connectivity index (χ0) is 11.7. The Morgan fingerprint density at radius 3 is 1.67 bits per heavy atom. The topological polar surface area (TPSA) is 54.4 Å².